The summed E-state index contributed by atoms with van der Waals surface area (Å²) >= 11 is 0. The van der Waals surface area contributed by atoms with Crippen molar-refractivity contribution in [3.05, 3.63) is 24.2 Å². The van der Waals surface area contributed by atoms with Crippen LogP contribution in [-0.2, 0) is 11.2 Å². The summed E-state index contributed by atoms with van der Waals surface area (Å²) < 4.78 is 11.4. The summed E-state index contributed by atoms with van der Waals surface area (Å²) in [7, 11) is 0. The van der Waals surface area contributed by atoms with Crippen molar-refractivity contribution in [1.82, 2.24) is 5.32 Å². The Kier molecular flexibility index (Phi) is 6.61. The minimum atomic E-state index is 0.329. The van der Waals surface area contributed by atoms with Crippen LogP contribution in [0.25, 0.3) is 0 Å². The van der Waals surface area contributed by atoms with Gasteiger partial charge in [-0.25, -0.2) is 0 Å². The van der Waals surface area contributed by atoms with E-state index in [1.807, 2.05) is 6.26 Å². The van der Waals surface area contributed by atoms with E-state index in [1.54, 1.807) is 6.26 Å². The standard InChI is InChI=1S/C17H29NO2/c1-3-18-16(12-14-10-11-19-13-14)17(20-4-2)15-8-6-5-7-9-15/h10-11,13,15-18H,3-9,12H2,1-2H3. The lowest BCUT2D eigenvalue weighted by molar-refractivity contribution is -0.0171. The maximum Gasteiger partial charge on any atom is 0.0935 e. The zero-order valence-electron chi connectivity index (χ0n) is 12.9. The molecule has 0 spiro atoms. The molecule has 0 radical (unpaired) electrons. The van der Waals surface area contributed by atoms with Gasteiger partial charge in [-0.2, -0.15) is 0 Å². The SMILES string of the molecule is CCNC(Cc1ccoc1)C(OCC)C1CCCCC1. The first-order chi connectivity index (χ1) is 9.85. The first kappa shape index (κ1) is 15.6. The average molecular weight is 279 g/mol. The Morgan fingerprint density at radius 2 is 2.10 bits per heavy atom. The molecule has 2 rings (SSSR count). The summed E-state index contributed by atoms with van der Waals surface area (Å²) in [5, 5.41) is 3.64. The van der Waals surface area contributed by atoms with Gasteiger partial charge in [-0.15, -0.1) is 0 Å². The zero-order valence-corrected chi connectivity index (χ0v) is 12.9. The molecule has 1 saturated carbocycles. The third-order valence-electron chi connectivity index (χ3n) is 4.37. The monoisotopic (exact) mass is 279 g/mol. The van der Waals surface area contributed by atoms with Crippen molar-refractivity contribution < 1.29 is 9.15 Å². The van der Waals surface area contributed by atoms with Crippen molar-refractivity contribution in [2.75, 3.05) is 13.2 Å². The largest absolute Gasteiger partial charge is 0.472 e. The second-order valence-corrected chi connectivity index (χ2v) is 5.82. The summed E-state index contributed by atoms with van der Waals surface area (Å²) in [5.41, 5.74) is 1.26. The lowest BCUT2D eigenvalue weighted by Gasteiger charge is -2.36. The average Bonchev–Trinajstić information content (AvgIpc) is 2.98. The first-order valence-corrected chi connectivity index (χ1v) is 8.21. The van der Waals surface area contributed by atoms with Gasteiger partial charge >= 0.3 is 0 Å². The molecule has 1 N–H and O–H groups in total. The summed E-state index contributed by atoms with van der Waals surface area (Å²) in [6.07, 6.45) is 11.7. The molecular weight excluding hydrogens is 250 g/mol. The van der Waals surface area contributed by atoms with Crippen molar-refractivity contribution >= 4 is 0 Å². The van der Waals surface area contributed by atoms with E-state index in [-0.39, 0.29) is 0 Å². The van der Waals surface area contributed by atoms with Crippen molar-refractivity contribution in [3.8, 4) is 0 Å². The third-order valence-corrected chi connectivity index (χ3v) is 4.37. The topological polar surface area (TPSA) is 34.4 Å². The molecule has 0 bridgehead atoms. The minimum absolute atomic E-state index is 0.329. The van der Waals surface area contributed by atoms with E-state index in [1.165, 1.54) is 37.7 Å². The molecule has 1 aliphatic carbocycles. The van der Waals surface area contributed by atoms with Crippen LogP contribution in [0.4, 0.5) is 0 Å². The van der Waals surface area contributed by atoms with Crippen LogP contribution in [0.1, 0.15) is 51.5 Å². The number of hydrogen-bond donors (Lipinski definition) is 1. The summed E-state index contributed by atoms with van der Waals surface area (Å²) in [4.78, 5) is 0. The fourth-order valence-corrected chi connectivity index (χ4v) is 3.47. The highest BCUT2D eigenvalue weighted by molar-refractivity contribution is 5.08. The molecule has 2 atom stereocenters. The molecule has 1 heterocycles. The second-order valence-electron chi connectivity index (χ2n) is 5.82. The molecule has 0 aliphatic heterocycles. The van der Waals surface area contributed by atoms with E-state index in [4.69, 9.17) is 9.15 Å². The molecule has 1 aromatic heterocycles. The normalized spacial score (nSPS) is 19.9. The molecule has 0 amide bonds. The molecule has 3 heteroatoms. The fourth-order valence-electron chi connectivity index (χ4n) is 3.47. The van der Waals surface area contributed by atoms with Crippen LogP contribution < -0.4 is 5.32 Å². The summed E-state index contributed by atoms with van der Waals surface area (Å²) in [5.74, 6) is 0.708. The zero-order chi connectivity index (χ0) is 14.2. The Labute approximate surface area is 123 Å². The molecule has 3 nitrogen and oxygen atoms in total. The maximum absolute atomic E-state index is 6.15. The van der Waals surface area contributed by atoms with Crippen LogP contribution in [0.3, 0.4) is 0 Å². The van der Waals surface area contributed by atoms with E-state index in [2.05, 4.69) is 25.2 Å². The second kappa shape index (κ2) is 8.48. The van der Waals surface area contributed by atoms with Gasteiger partial charge in [0.2, 0.25) is 0 Å². The number of nitrogens with one attached hydrogen (secondary N) is 1. The van der Waals surface area contributed by atoms with E-state index in [0.29, 0.717) is 18.1 Å². The predicted molar refractivity (Wildman–Crippen MR) is 81.9 cm³/mol. The van der Waals surface area contributed by atoms with Gasteiger partial charge < -0.3 is 14.5 Å². The van der Waals surface area contributed by atoms with Gasteiger partial charge in [0, 0.05) is 12.6 Å². The van der Waals surface area contributed by atoms with Crippen LogP contribution in [0.2, 0.25) is 0 Å². The van der Waals surface area contributed by atoms with E-state index in [0.717, 1.165) is 19.6 Å². The van der Waals surface area contributed by atoms with Gasteiger partial charge in [0.1, 0.15) is 0 Å². The molecule has 1 fully saturated rings. The molecule has 1 aliphatic rings. The Hall–Kier alpha value is -0.800. The molecule has 0 aromatic carbocycles. The first-order valence-electron chi connectivity index (χ1n) is 8.21. The molecule has 114 valence electrons. The lowest BCUT2D eigenvalue weighted by Crippen LogP contribution is -2.47. The highest BCUT2D eigenvalue weighted by Gasteiger charge is 2.31. The van der Waals surface area contributed by atoms with Crippen molar-refractivity contribution in [1.29, 1.82) is 0 Å². The number of ether oxygens (including phenoxy) is 1. The quantitative estimate of drug-likeness (QED) is 0.786. The lowest BCUT2D eigenvalue weighted by atomic mass is 9.81. The molecule has 0 saturated heterocycles. The number of hydrogen-bond acceptors (Lipinski definition) is 3. The summed E-state index contributed by atoms with van der Waals surface area (Å²) in [6, 6.07) is 2.45. The number of rotatable bonds is 8. The molecular formula is C17H29NO2. The van der Waals surface area contributed by atoms with Crippen molar-refractivity contribution in [2.45, 2.75) is 64.5 Å². The van der Waals surface area contributed by atoms with Gasteiger partial charge in [-0.05, 0) is 50.3 Å². The summed E-state index contributed by atoms with van der Waals surface area (Å²) in [6.45, 7) is 6.07. The van der Waals surface area contributed by atoms with Crippen molar-refractivity contribution in [3.63, 3.8) is 0 Å². The third kappa shape index (κ3) is 4.35. The number of furan rings is 1. The van der Waals surface area contributed by atoms with Gasteiger partial charge in [0.25, 0.3) is 0 Å². The van der Waals surface area contributed by atoms with Crippen LogP contribution in [0.15, 0.2) is 23.0 Å². The van der Waals surface area contributed by atoms with Crippen LogP contribution in [0, 0.1) is 5.92 Å². The van der Waals surface area contributed by atoms with Crippen LogP contribution in [0.5, 0.6) is 0 Å². The smallest absolute Gasteiger partial charge is 0.0935 e. The Morgan fingerprint density at radius 3 is 2.70 bits per heavy atom. The minimum Gasteiger partial charge on any atom is -0.472 e. The van der Waals surface area contributed by atoms with E-state index in [9.17, 15) is 0 Å². The van der Waals surface area contributed by atoms with Crippen LogP contribution >= 0.6 is 0 Å². The maximum atomic E-state index is 6.15. The van der Waals surface area contributed by atoms with Crippen LogP contribution in [-0.4, -0.2) is 25.3 Å². The Balaban J connectivity index is 2.04. The van der Waals surface area contributed by atoms with Gasteiger partial charge in [0.15, 0.2) is 0 Å². The predicted octanol–water partition coefficient (Wildman–Crippen LogP) is 3.79. The van der Waals surface area contributed by atoms with Gasteiger partial charge in [-0.1, -0.05) is 26.2 Å². The Bertz CT molecular complexity index is 344. The van der Waals surface area contributed by atoms with Gasteiger partial charge in [-0.3, -0.25) is 0 Å². The Morgan fingerprint density at radius 1 is 1.30 bits per heavy atom. The van der Waals surface area contributed by atoms with Crippen molar-refractivity contribution in [2.24, 2.45) is 5.92 Å². The highest BCUT2D eigenvalue weighted by Crippen LogP contribution is 2.30. The van der Waals surface area contributed by atoms with Gasteiger partial charge in [0.05, 0.1) is 18.6 Å². The van der Waals surface area contributed by atoms with E-state index < -0.39 is 0 Å². The molecule has 20 heavy (non-hydrogen) atoms. The van der Waals surface area contributed by atoms with E-state index >= 15 is 0 Å². The fraction of sp³-hybridized carbons (Fsp3) is 0.765. The highest BCUT2D eigenvalue weighted by atomic mass is 16.5. The molecule has 2 unspecified atom stereocenters. The molecule has 1 aromatic rings. The number of likely N-dealkylation sites (N-methyl/N-ethyl adjacent to an activating group) is 1.